The zero-order valence-electron chi connectivity index (χ0n) is 4.91. The Hall–Kier alpha value is -0.0913. The van der Waals surface area contributed by atoms with Crippen molar-refractivity contribution in [2.45, 2.75) is 6.61 Å². The van der Waals surface area contributed by atoms with Crippen LogP contribution in [0, 0.1) is 0 Å². The topological polar surface area (TPSA) is 33.1 Å². The van der Waals surface area contributed by atoms with Crippen LogP contribution < -0.4 is 3.58 Å². The monoisotopic (exact) mass is 229 g/mol. The average Bonchev–Trinajstić information content (AvgIpc) is 1.89. The molecule has 0 spiro atoms. The van der Waals surface area contributed by atoms with Gasteiger partial charge in [0.2, 0.25) is 0 Å². The third-order valence-electron chi connectivity index (χ3n) is 1.11. The Kier molecular flexibility index (Phi) is 2.47. The number of hydrogen-bond acceptors (Lipinski definition) is 2. The molecular formula is C6H7NOSn. The van der Waals surface area contributed by atoms with Gasteiger partial charge in [0.05, 0.1) is 0 Å². The summed E-state index contributed by atoms with van der Waals surface area (Å²) in [6, 6.07) is 1.94. The molecule has 0 saturated carbocycles. The van der Waals surface area contributed by atoms with Crippen LogP contribution in [0.5, 0.6) is 0 Å². The van der Waals surface area contributed by atoms with Crippen molar-refractivity contribution in [2.24, 2.45) is 0 Å². The van der Waals surface area contributed by atoms with Gasteiger partial charge in [-0.05, 0) is 0 Å². The molecule has 0 saturated heterocycles. The Morgan fingerprint density at radius 1 is 1.67 bits per heavy atom. The van der Waals surface area contributed by atoms with E-state index in [1.54, 1.807) is 12.4 Å². The number of pyridine rings is 1. The van der Waals surface area contributed by atoms with Crippen LogP contribution in [0.25, 0.3) is 0 Å². The zero-order valence-corrected chi connectivity index (χ0v) is 8.21. The van der Waals surface area contributed by atoms with Gasteiger partial charge in [-0.15, -0.1) is 0 Å². The first-order valence-electron chi connectivity index (χ1n) is 2.64. The number of aliphatic hydroxyl groups is 1. The van der Waals surface area contributed by atoms with Crippen LogP contribution >= 0.6 is 0 Å². The van der Waals surface area contributed by atoms with E-state index in [0.29, 0.717) is 0 Å². The summed E-state index contributed by atoms with van der Waals surface area (Å²) < 4.78 is 1.22. The number of hydrogen-bond donors (Lipinski definition) is 1. The molecule has 0 atom stereocenters. The van der Waals surface area contributed by atoms with Crippen LogP contribution in [0.3, 0.4) is 0 Å². The maximum atomic E-state index is 8.70. The predicted molar refractivity (Wildman–Crippen MR) is 36.9 cm³/mol. The van der Waals surface area contributed by atoms with Gasteiger partial charge in [0.25, 0.3) is 0 Å². The third kappa shape index (κ3) is 1.66. The van der Waals surface area contributed by atoms with Crippen molar-refractivity contribution in [1.29, 1.82) is 0 Å². The molecule has 2 nitrogen and oxygen atoms in total. The second kappa shape index (κ2) is 3.17. The van der Waals surface area contributed by atoms with Gasteiger partial charge in [0.15, 0.2) is 0 Å². The van der Waals surface area contributed by atoms with Crippen molar-refractivity contribution in [3.8, 4) is 0 Å². The minimum absolute atomic E-state index is 0.116. The van der Waals surface area contributed by atoms with Gasteiger partial charge >= 0.3 is 66.8 Å². The molecular weight excluding hydrogens is 221 g/mol. The Bertz CT molecular complexity index is 202. The van der Waals surface area contributed by atoms with Crippen LogP contribution in [-0.4, -0.2) is 32.6 Å². The quantitative estimate of drug-likeness (QED) is 0.631. The van der Waals surface area contributed by atoms with Crippen LogP contribution in [-0.2, 0) is 6.61 Å². The second-order valence-electron chi connectivity index (χ2n) is 1.73. The Morgan fingerprint density at radius 2 is 2.44 bits per heavy atom. The fraction of sp³-hybridized carbons (Fsp3) is 0.167. The minimum atomic E-state index is 0.116. The molecule has 0 aromatic carbocycles. The molecule has 0 aliphatic carbocycles. The van der Waals surface area contributed by atoms with Crippen molar-refractivity contribution < 1.29 is 5.11 Å². The summed E-state index contributed by atoms with van der Waals surface area (Å²) in [7, 11) is 0. The van der Waals surface area contributed by atoms with Crippen LogP contribution in [0.4, 0.5) is 0 Å². The molecule has 2 radical (unpaired) electrons. The SMILES string of the molecule is OCc1cncc[c]1[SnH]. The first-order chi connectivity index (χ1) is 4.34. The molecule has 0 aliphatic rings. The Morgan fingerprint density at radius 3 is 2.89 bits per heavy atom. The standard InChI is InChI=1S/C6H6NO.Sn.H/c8-5-6-2-1-3-7-4-6;;/h1,3-4,8H,5H2;;. The maximum absolute atomic E-state index is 8.70. The molecule has 0 bridgehead atoms. The number of aromatic nitrogens is 1. The van der Waals surface area contributed by atoms with Crippen molar-refractivity contribution in [1.82, 2.24) is 4.98 Å². The van der Waals surface area contributed by atoms with Crippen LogP contribution in [0.15, 0.2) is 18.5 Å². The summed E-state index contributed by atoms with van der Waals surface area (Å²) in [6.45, 7) is 0.116. The molecule has 1 aromatic rings. The normalized spacial score (nSPS) is 9.56. The van der Waals surface area contributed by atoms with E-state index in [1.807, 2.05) is 6.07 Å². The van der Waals surface area contributed by atoms with Gasteiger partial charge in [-0.3, -0.25) is 0 Å². The Balaban J connectivity index is 3.01. The Labute approximate surface area is 67.0 Å². The fourth-order valence-electron chi connectivity index (χ4n) is 0.570. The summed E-state index contributed by atoms with van der Waals surface area (Å²) in [5.41, 5.74) is 0.958. The summed E-state index contributed by atoms with van der Waals surface area (Å²) in [6.07, 6.45) is 3.46. The third-order valence-corrected chi connectivity index (χ3v) is 2.72. The molecule has 0 aliphatic heterocycles. The van der Waals surface area contributed by atoms with Crippen LogP contribution in [0.2, 0.25) is 0 Å². The first kappa shape index (κ1) is 7.02. The summed E-state index contributed by atoms with van der Waals surface area (Å²) in [5.74, 6) is 0. The van der Waals surface area contributed by atoms with E-state index in [-0.39, 0.29) is 6.61 Å². The second-order valence-corrected chi connectivity index (χ2v) is 3.51. The summed E-state index contributed by atoms with van der Waals surface area (Å²) in [5, 5.41) is 8.70. The van der Waals surface area contributed by atoms with Crippen molar-refractivity contribution in [3.05, 3.63) is 24.0 Å². The van der Waals surface area contributed by atoms with E-state index >= 15 is 0 Å². The van der Waals surface area contributed by atoms with E-state index in [9.17, 15) is 0 Å². The molecule has 1 rings (SSSR count). The average molecular weight is 228 g/mol. The summed E-state index contributed by atoms with van der Waals surface area (Å²) in [4.78, 5) is 3.88. The molecule has 3 heteroatoms. The van der Waals surface area contributed by atoms with Gasteiger partial charge in [-0.25, -0.2) is 0 Å². The summed E-state index contributed by atoms with van der Waals surface area (Å²) >= 11 is 1.05. The van der Waals surface area contributed by atoms with Gasteiger partial charge in [-0.1, -0.05) is 0 Å². The van der Waals surface area contributed by atoms with E-state index in [2.05, 4.69) is 4.98 Å². The van der Waals surface area contributed by atoms with Crippen molar-refractivity contribution >= 4 is 26.1 Å². The molecule has 9 heavy (non-hydrogen) atoms. The molecule has 46 valence electrons. The molecule has 1 N–H and O–H groups in total. The molecule has 0 fully saturated rings. The molecule has 0 amide bonds. The van der Waals surface area contributed by atoms with Gasteiger partial charge in [0, 0.05) is 0 Å². The van der Waals surface area contributed by atoms with E-state index in [4.69, 9.17) is 5.11 Å². The van der Waals surface area contributed by atoms with Crippen molar-refractivity contribution in [2.75, 3.05) is 0 Å². The van der Waals surface area contributed by atoms with E-state index < -0.39 is 0 Å². The van der Waals surface area contributed by atoms with Crippen LogP contribution in [0.1, 0.15) is 5.56 Å². The van der Waals surface area contributed by atoms with Gasteiger partial charge in [0.1, 0.15) is 0 Å². The van der Waals surface area contributed by atoms with Gasteiger partial charge in [-0.2, -0.15) is 0 Å². The first-order valence-corrected chi connectivity index (χ1v) is 4.28. The predicted octanol–water partition coefficient (Wildman–Crippen LogP) is -0.900. The molecule has 1 aromatic heterocycles. The molecule has 0 unspecified atom stereocenters. The fourth-order valence-corrected chi connectivity index (χ4v) is 1.29. The zero-order chi connectivity index (χ0) is 6.69. The number of aliphatic hydroxyl groups excluding tert-OH is 1. The van der Waals surface area contributed by atoms with E-state index in [0.717, 1.165) is 28.1 Å². The van der Waals surface area contributed by atoms with Gasteiger partial charge < -0.3 is 0 Å². The van der Waals surface area contributed by atoms with E-state index in [1.165, 1.54) is 3.58 Å². The number of rotatable bonds is 1. The number of nitrogens with zero attached hydrogens (tertiary/aromatic N) is 1. The van der Waals surface area contributed by atoms with Crippen molar-refractivity contribution in [3.63, 3.8) is 0 Å². The molecule has 1 heterocycles.